The molecular formula is C22H25NO4. The summed E-state index contributed by atoms with van der Waals surface area (Å²) < 4.78 is 10.9. The van der Waals surface area contributed by atoms with Crippen LogP contribution in [0.2, 0.25) is 0 Å². The largest absolute Gasteiger partial charge is 0.508 e. The first-order valence-corrected chi connectivity index (χ1v) is 9.45. The Kier molecular flexibility index (Phi) is 4.46. The second-order valence-corrected chi connectivity index (χ2v) is 7.43. The van der Waals surface area contributed by atoms with Crippen molar-refractivity contribution in [2.75, 3.05) is 19.1 Å². The van der Waals surface area contributed by atoms with Crippen molar-refractivity contribution in [1.82, 2.24) is 0 Å². The number of nitrogens with zero attached hydrogens (tertiary/aromatic N) is 1. The van der Waals surface area contributed by atoms with Crippen molar-refractivity contribution in [3.63, 3.8) is 0 Å². The highest BCUT2D eigenvalue weighted by molar-refractivity contribution is 6.06. The molecule has 2 aromatic carbocycles. The Morgan fingerprint density at radius 3 is 2.26 bits per heavy atom. The van der Waals surface area contributed by atoms with Gasteiger partial charge in [0.25, 0.3) is 0 Å². The molecule has 1 amide bonds. The van der Waals surface area contributed by atoms with Crippen molar-refractivity contribution in [3.05, 3.63) is 48.0 Å². The first-order valence-electron chi connectivity index (χ1n) is 9.45. The van der Waals surface area contributed by atoms with E-state index in [9.17, 15) is 9.90 Å². The molecular weight excluding hydrogens is 342 g/mol. The minimum atomic E-state index is -0.338. The van der Waals surface area contributed by atoms with Gasteiger partial charge in [-0.15, -0.1) is 0 Å². The zero-order chi connectivity index (χ0) is 19.0. The molecule has 1 spiro atoms. The number of benzene rings is 2. The van der Waals surface area contributed by atoms with Crippen LogP contribution in [0.5, 0.6) is 17.2 Å². The molecule has 0 radical (unpaired) electrons. The van der Waals surface area contributed by atoms with Crippen LogP contribution in [0, 0.1) is 5.41 Å². The average molecular weight is 367 g/mol. The lowest BCUT2D eigenvalue weighted by Crippen LogP contribution is -2.64. The van der Waals surface area contributed by atoms with Gasteiger partial charge in [-0.25, -0.2) is 0 Å². The molecule has 1 aliphatic heterocycles. The van der Waals surface area contributed by atoms with Gasteiger partial charge >= 0.3 is 0 Å². The van der Waals surface area contributed by atoms with E-state index in [-0.39, 0.29) is 23.1 Å². The zero-order valence-electron chi connectivity index (χ0n) is 15.8. The van der Waals surface area contributed by atoms with Crippen molar-refractivity contribution in [2.24, 2.45) is 5.41 Å². The number of methoxy groups -OCH3 is 2. The molecule has 2 aromatic rings. The van der Waals surface area contributed by atoms with Crippen LogP contribution in [0.3, 0.4) is 0 Å². The van der Waals surface area contributed by atoms with E-state index in [0.717, 1.165) is 36.9 Å². The maximum absolute atomic E-state index is 13.3. The van der Waals surface area contributed by atoms with Crippen molar-refractivity contribution in [2.45, 2.75) is 38.1 Å². The standard InChI is InChI=1S/C22H25NO4/c1-26-18-11-6-15(14-19(18)27-2)20-22(12-4-3-5-13-22)21(25)23(20)16-7-9-17(24)10-8-16/h6-11,14,20,24H,3-5,12-13H2,1-2H3. The van der Waals surface area contributed by atoms with Crippen molar-refractivity contribution in [1.29, 1.82) is 0 Å². The highest BCUT2D eigenvalue weighted by Crippen LogP contribution is 2.59. The number of rotatable bonds is 4. The van der Waals surface area contributed by atoms with Gasteiger partial charge in [-0.05, 0) is 54.8 Å². The average Bonchev–Trinajstić information content (AvgIpc) is 2.72. The molecule has 2 fully saturated rings. The van der Waals surface area contributed by atoms with E-state index in [0.29, 0.717) is 11.5 Å². The smallest absolute Gasteiger partial charge is 0.236 e. The number of phenols is 1. The van der Waals surface area contributed by atoms with E-state index >= 15 is 0 Å². The van der Waals surface area contributed by atoms with E-state index in [1.165, 1.54) is 6.42 Å². The Balaban J connectivity index is 1.78. The molecule has 1 saturated carbocycles. The fraction of sp³-hybridized carbons (Fsp3) is 0.409. The van der Waals surface area contributed by atoms with Crippen LogP contribution in [-0.2, 0) is 4.79 Å². The van der Waals surface area contributed by atoms with Crippen LogP contribution in [0.25, 0.3) is 0 Å². The summed E-state index contributed by atoms with van der Waals surface area (Å²) in [5.74, 6) is 1.74. The summed E-state index contributed by atoms with van der Waals surface area (Å²) >= 11 is 0. The first-order chi connectivity index (χ1) is 13.1. The maximum atomic E-state index is 13.3. The highest BCUT2D eigenvalue weighted by atomic mass is 16.5. The molecule has 27 heavy (non-hydrogen) atoms. The molecule has 1 aliphatic carbocycles. The van der Waals surface area contributed by atoms with Crippen molar-refractivity contribution >= 4 is 11.6 Å². The summed E-state index contributed by atoms with van der Waals surface area (Å²) in [5.41, 5.74) is 1.53. The summed E-state index contributed by atoms with van der Waals surface area (Å²) in [6.45, 7) is 0. The van der Waals surface area contributed by atoms with Crippen molar-refractivity contribution in [3.8, 4) is 17.2 Å². The summed E-state index contributed by atoms with van der Waals surface area (Å²) in [5, 5.41) is 9.61. The third kappa shape index (κ3) is 2.73. The Morgan fingerprint density at radius 2 is 1.63 bits per heavy atom. The molecule has 4 rings (SSSR count). The topological polar surface area (TPSA) is 59.0 Å². The third-order valence-electron chi connectivity index (χ3n) is 6.02. The Labute approximate surface area is 159 Å². The quantitative estimate of drug-likeness (QED) is 0.811. The second-order valence-electron chi connectivity index (χ2n) is 7.43. The van der Waals surface area contributed by atoms with Gasteiger partial charge in [0.1, 0.15) is 5.75 Å². The maximum Gasteiger partial charge on any atom is 0.236 e. The van der Waals surface area contributed by atoms with Gasteiger partial charge in [0, 0.05) is 5.69 Å². The number of amides is 1. The number of carbonyl (C=O) groups is 1. The van der Waals surface area contributed by atoms with Crippen molar-refractivity contribution < 1.29 is 19.4 Å². The summed E-state index contributed by atoms with van der Waals surface area (Å²) in [6, 6.07) is 12.7. The number of hydrogen-bond acceptors (Lipinski definition) is 4. The fourth-order valence-corrected chi connectivity index (χ4v) is 4.70. The number of β-lactam (4-membered cyclic amide) rings is 1. The van der Waals surface area contributed by atoms with Gasteiger partial charge in [0.05, 0.1) is 25.7 Å². The number of carbonyl (C=O) groups excluding carboxylic acids is 1. The summed E-state index contributed by atoms with van der Waals surface area (Å²) in [6.07, 6.45) is 5.18. The van der Waals surface area contributed by atoms with Crippen LogP contribution in [0.15, 0.2) is 42.5 Å². The molecule has 1 atom stereocenters. The Bertz CT molecular complexity index is 840. The van der Waals surface area contributed by atoms with Gasteiger partial charge in [-0.1, -0.05) is 25.3 Å². The van der Waals surface area contributed by atoms with Crippen LogP contribution in [0.1, 0.15) is 43.7 Å². The molecule has 5 nitrogen and oxygen atoms in total. The van der Waals surface area contributed by atoms with Gasteiger partial charge in [0.2, 0.25) is 5.91 Å². The van der Waals surface area contributed by atoms with E-state index in [1.54, 1.807) is 38.5 Å². The first kappa shape index (κ1) is 17.7. The molecule has 1 unspecified atom stereocenters. The zero-order valence-corrected chi connectivity index (χ0v) is 15.8. The fourth-order valence-electron chi connectivity index (χ4n) is 4.70. The molecule has 1 heterocycles. The number of hydrogen-bond donors (Lipinski definition) is 1. The lowest BCUT2D eigenvalue weighted by molar-refractivity contribution is -0.143. The summed E-state index contributed by atoms with van der Waals surface area (Å²) in [4.78, 5) is 15.2. The number of ether oxygens (including phenoxy) is 2. The van der Waals surface area contributed by atoms with Gasteiger partial charge in [0.15, 0.2) is 11.5 Å². The van der Waals surface area contributed by atoms with E-state index in [4.69, 9.17) is 9.47 Å². The molecule has 1 saturated heterocycles. The second kappa shape index (κ2) is 6.80. The van der Waals surface area contributed by atoms with Crippen LogP contribution >= 0.6 is 0 Å². The molecule has 0 aromatic heterocycles. The highest BCUT2D eigenvalue weighted by Gasteiger charge is 2.61. The minimum Gasteiger partial charge on any atom is -0.508 e. The molecule has 0 bridgehead atoms. The monoisotopic (exact) mass is 367 g/mol. The van der Waals surface area contributed by atoms with Gasteiger partial charge < -0.3 is 19.5 Å². The number of anilines is 1. The molecule has 142 valence electrons. The van der Waals surface area contributed by atoms with Gasteiger partial charge in [-0.3, -0.25) is 4.79 Å². The SMILES string of the molecule is COc1ccc(C2N(c3ccc(O)cc3)C(=O)C23CCCCC3)cc1OC. The third-order valence-corrected chi connectivity index (χ3v) is 6.02. The Hall–Kier alpha value is -2.69. The van der Waals surface area contributed by atoms with E-state index < -0.39 is 0 Å². The lowest BCUT2D eigenvalue weighted by Gasteiger charge is -2.58. The van der Waals surface area contributed by atoms with E-state index in [1.807, 2.05) is 23.1 Å². The summed E-state index contributed by atoms with van der Waals surface area (Å²) in [7, 11) is 3.25. The normalized spacial score (nSPS) is 21.0. The van der Waals surface area contributed by atoms with Gasteiger partial charge in [-0.2, -0.15) is 0 Å². The predicted molar refractivity (Wildman–Crippen MR) is 103 cm³/mol. The van der Waals surface area contributed by atoms with E-state index in [2.05, 4.69) is 0 Å². The number of aromatic hydroxyl groups is 1. The number of phenolic OH excluding ortho intramolecular Hbond substituents is 1. The predicted octanol–water partition coefficient (Wildman–Crippen LogP) is 4.45. The molecule has 2 aliphatic rings. The minimum absolute atomic E-state index is 0.0327. The van der Waals surface area contributed by atoms with Crippen LogP contribution in [0.4, 0.5) is 5.69 Å². The Morgan fingerprint density at radius 1 is 0.963 bits per heavy atom. The van der Waals surface area contributed by atoms with Crippen LogP contribution in [-0.4, -0.2) is 25.2 Å². The molecule has 5 heteroatoms. The van der Waals surface area contributed by atoms with Crippen LogP contribution < -0.4 is 14.4 Å². The molecule has 1 N–H and O–H groups in total. The lowest BCUT2D eigenvalue weighted by atomic mass is 9.60.